The minimum atomic E-state index is -0.809. The van der Waals surface area contributed by atoms with Gasteiger partial charge in [0, 0.05) is 16.1 Å². The Morgan fingerprint density at radius 3 is 2.24 bits per heavy atom. The van der Waals surface area contributed by atoms with E-state index >= 15 is 0 Å². The predicted molar refractivity (Wildman–Crippen MR) is 146 cm³/mol. The fraction of sp³-hybridized carbons (Fsp3) is 0.167. The number of rotatable bonds is 7. The monoisotopic (exact) mass is 575 g/mol. The molecule has 0 saturated carbocycles. The van der Waals surface area contributed by atoms with E-state index < -0.39 is 18.2 Å². The Labute approximate surface area is 229 Å². The first-order valence-electron chi connectivity index (χ1n) is 12.1. The maximum Gasteiger partial charge on any atom is 0.415 e. The summed E-state index contributed by atoms with van der Waals surface area (Å²) >= 11 is 3.48. The molecule has 0 aromatic heterocycles. The molecule has 194 valence electrons. The van der Waals surface area contributed by atoms with E-state index in [-0.39, 0.29) is 24.7 Å². The predicted octanol–water partition coefficient (Wildman–Crippen LogP) is 6.72. The van der Waals surface area contributed by atoms with Gasteiger partial charge in [0.25, 0.3) is 0 Å². The van der Waals surface area contributed by atoms with Crippen molar-refractivity contribution in [1.29, 1.82) is 0 Å². The van der Waals surface area contributed by atoms with Crippen molar-refractivity contribution in [1.82, 2.24) is 0 Å². The van der Waals surface area contributed by atoms with Crippen LogP contribution in [0.4, 0.5) is 10.5 Å². The van der Waals surface area contributed by atoms with Crippen molar-refractivity contribution in [3.63, 3.8) is 0 Å². The molecule has 1 aliphatic rings. The third-order valence-corrected chi connectivity index (χ3v) is 6.71. The second-order valence-electron chi connectivity index (χ2n) is 8.87. The molecule has 4 aromatic rings. The van der Waals surface area contributed by atoms with Crippen LogP contribution in [0.2, 0.25) is 0 Å². The van der Waals surface area contributed by atoms with E-state index in [0.717, 1.165) is 15.6 Å². The van der Waals surface area contributed by atoms with Crippen LogP contribution >= 0.6 is 15.9 Å². The number of hydrogen-bond acceptors (Lipinski definition) is 6. The van der Waals surface area contributed by atoms with Crippen LogP contribution in [0.5, 0.6) is 17.2 Å². The fourth-order valence-corrected chi connectivity index (χ4v) is 4.79. The second kappa shape index (κ2) is 11.6. The third kappa shape index (κ3) is 5.77. The Bertz CT molecular complexity index is 1400. The molecule has 8 heteroatoms. The van der Waals surface area contributed by atoms with Gasteiger partial charge in [0.15, 0.2) is 0 Å². The molecule has 1 amide bonds. The summed E-state index contributed by atoms with van der Waals surface area (Å²) in [5.41, 5.74) is 2.71. The van der Waals surface area contributed by atoms with E-state index in [0.29, 0.717) is 23.6 Å². The molecule has 0 fully saturated rings. The van der Waals surface area contributed by atoms with Crippen molar-refractivity contribution >= 4 is 27.7 Å². The van der Waals surface area contributed by atoms with Crippen molar-refractivity contribution in [3.05, 3.63) is 118 Å². The molecular formula is C30H26BrNO6. The largest absolute Gasteiger partial charge is 0.508 e. The smallest absolute Gasteiger partial charge is 0.415 e. The van der Waals surface area contributed by atoms with Gasteiger partial charge in [-0.15, -0.1) is 0 Å². The number of anilines is 1. The molecule has 0 spiro atoms. The number of carbonyl (C=O) groups is 1. The highest BCUT2D eigenvalue weighted by Gasteiger charge is 2.43. The van der Waals surface area contributed by atoms with Crippen LogP contribution in [0, 0.1) is 0 Å². The number of ether oxygens (including phenoxy) is 3. The molecule has 4 aromatic carbocycles. The molecule has 5 rings (SSSR count). The zero-order chi connectivity index (χ0) is 26.5. The van der Waals surface area contributed by atoms with Gasteiger partial charge in [-0.3, -0.25) is 4.90 Å². The lowest BCUT2D eigenvalue weighted by molar-refractivity contribution is 0.0206. The van der Waals surface area contributed by atoms with Crippen molar-refractivity contribution in [2.24, 2.45) is 0 Å². The van der Waals surface area contributed by atoms with Crippen LogP contribution in [0.3, 0.4) is 0 Å². The minimum Gasteiger partial charge on any atom is -0.508 e. The van der Waals surface area contributed by atoms with Crippen molar-refractivity contribution in [3.8, 4) is 17.2 Å². The molecule has 0 saturated heterocycles. The maximum atomic E-state index is 13.7. The highest BCUT2D eigenvalue weighted by atomic mass is 79.9. The first-order valence-corrected chi connectivity index (χ1v) is 12.9. The maximum absolute atomic E-state index is 13.7. The summed E-state index contributed by atoms with van der Waals surface area (Å²) in [6.45, 7) is 0.544. The Morgan fingerprint density at radius 1 is 0.868 bits per heavy atom. The number of amides is 1. The van der Waals surface area contributed by atoms with Gasteiger partial charge in [0.1, 0.15) is 36.0 Å². The van der Waals surface area contributed by atoms with E-state index in [9.17, 15) is 15.0 Å². The lowest BCUT2D eigenvalue weighted by atomic mass is 9.96. The fourth-order valence-electron chi connectivity index (χ4n) is 4.44. The third-order valence-electron chi connectivity index (χ3n) is 6.22. The lowest BCUT2D eigenvalue weighted by Gasteiger charge is -2.41. The zero-order valence-corrected chi connectivity index (χ0v) is 22.0. The van der Waals surface area contributed by atoms with Crippen LogP contribution in [-0.2, 0) is 22.7 Å². The summed E-state index contributed by atoms with van der Waals surface area (Å²) in [6, 6.07) is 28.0. The zero-order valence-electron chi connectivity index (χ0n) is 20.4. The van der Waals surface area contributed by atoms with Crippen LogP contribution in [-0.4, -0.2) is 29.0 Å². The summed E-state index contributed by atoms with van der Waals surface area (Å²) in [7, 11) is 0. The van der Waals surface area contributed by atoms with Crippen LogP contribution < -0.4 is 9.64 Å². The normalized spacial score (nSPS) is 16.4. The molecule has 2 atom stereocenters. The SMILES string of the molecule is O=C(OCc1ccccc1)N1c2cc(Br)ccc2O[C@@H](COCc2ccccc2)[C@@H]1c1ccc(O)cc1O. The molecule has 0 bridgehead atoms. The van der Waals surface area contributed by atoms with Crippen molar-refractivity contribution < 1.29 is 29.2 Å². The number of hydrogen-bond donors (Lipinski definition) is 2. The van der Waals surface area contributed by atoms with Crippen LogP contribution in [0.1, 0.15) is 22.7 Å². The number of nitrogens with zero attached hydrogens (tertiary/aromatic N) is 1. The summed E-state index contributed by atoms with van der Waals surface area (Å²) in [4.78, 5) is 15.2. The van der Waals surface area contributed by atoms with Crippen molar-refractivity contribution in [2.75, 3.05) is 11.5 Å². The number of carbonyl (C=O) groups excluding carboxylic acids is 1. The number of phenolic OH excluding ortho intramolecular Hbond substituents is 2. The average Bonchev–Trinajstić information content (AvgIpc) is 2.92. The molecule has 2 N–H and O–H groups in total. The Balaban J connectivity index is 1.51. The molecule has 7 nitrogen and oxygen atoms in total. The average molecular weight is 576 g/mol. The van der Waals surface area contributed by atoms with Gasteiger partial charge >= 0.3 is 6.09 Å². The van der Waals surface area contributed by atoms with E-state index in [1.54, 1.807) is 18.2 Å². The summed E-state index contributed by atoms with van der Waals surface area (Å²) in [6.07, 6.45) is -1.30. The molecule has 1 aliphatic heterocycles. The van der Waals surface area contributed by atoms with Gasteiger partial charge in [-0.1, -0.05) is 76.6 Å². The second-order valence-corrected chi connectivity index (χ2v) is 9.78. The lowest BCUT2D eigenvalue weighted by Crippen LogP contribution is -2.48. The van der Waals surface area contributed by atoms with E-state index in [1.807, 2.05) is 66.7 Å². The van der Waals surface area contributed by atoms with E-state index in [4.69, 9.17) is 14.2 Å². The van der Waals surface area contributed by atoms with Crippen LogP contribution in [0.25, 0.3) is 0 Å². The van der Waals surface area contributed by atoms with Crippen molar-refractivity contribution in [2.45, 2.75) is 25.4 Å². The van der Waals surface area contributed by atoms with Gasteiger partial charge in [0.05, 0.1) is 18.9 Å². The molecule has 0 radical (unpaired) electrons. The highest BCUT2D eigenvalue weighted by Crippen LogP contribution is 2.46. The Kier molecular flexibility index (Phi) is 7.81. The number of phenols is 2. The number of aromatic hydroxyl groups is 2. The topological polar surface area (TPSA) is 88.5 Å². The molecular weight excluding hydrogens is 550 g/mol. The Hall–Kier alpha value is -4.01. The van der Waals surface area contributed by atoms with Gasteiger partial charge < -0.3 is 24.4 Å². The van der Waals surface area contributed by atoms with E-state index in [1.165, 1.54) is 17.0 Å². The van der Waals surface area contributed by atoms with Gasteiger partial charge in [0.2, 0.25) is 0 Å². The van der Waals surface area contributed by atoms with Gasteiger partial charge in [-0.25, -0.2) is 4.79 Å². The van der Waals surface area contributed by atoms with Crippen LogP contribution in [0.15, 0.2) is 102 Å². The summed E-state index contributed by atoms with van der Waals surface area (Å²) in [5, 5.41) is 20.8. The number of benzene rings is 4. The van der Waals surface area contributed by atoms with Gasteiger partial charge in [-0.05, 0) is 41.5 Å². The Morgan fingerprint density at radius 2 is 1.55 bits per heavy atom. The number of halogens is 1. The van der Waals surface area contributed by atoms with Gasteiger partial charge in [-0.2, -0.15) is 0 Å². The first-order chi connectivity index (χ1) is 18.5. The van der Waals surface area contributed by atoms with E-state index in [2.05, 4.69) is 15.9 Å². The molecule has 0 aliphatic carbocycles. The highest BCUT2D eigenvalue weighted by molar-refractivity contribution is 9.10. The number of fused-ring (bicyclic) bond motifs is 1. The standard InChI is InChI=1S/C30H26BrNO6/c31-22-11-14-27-25(15-22)32(30(35)37-18-21-9-5-2-6-10-21)29(24-13-12-23(33)16-26(24)34)28(38-27)19-36-17-20-7-3-1-4-8-20/h1-16,28-29,33-34H,17-19H2/t28-,29-/m0/s1. The first kappa shape index (κ1) is 25.6. The summed E-state index contributed by atoms with van der Waals surface area (Å²) < 4.78 is 18.9. The quantitative estimate of drug-likeness (QED) is 0.254. The summed E-state index contributed by atoms with van der Waals surface area (Å²) in [5.74, 6) is 0.208. The minimum absolute atomic E-state index is 0.0732. The molecule has 1 heterocycles. The molecule has 0 unspecified atom stereocenters. The molecule has 38 heavy (non-hydrogen) atoms.